The average molecular weight is 461 g/mol. The lowest BCUT2D eigenvalue weighted by Crippen LogP contribution is -2.49. The summed E-state index contributed by atoms with van der Waals surface area (Å²) >= 11 is 1.74. The standard InChI is InChI=1S/C28H32N2O2S/c1-22-11-9-10-16-25(22)20-30(26(28(32)29-2)19-23-12-5-3-6-13-23)27(31)17-18-33-21-24-14-7-4-8-15-24/h3-16,26H,17-21H2,1-2H3,(H,29,32)/t26-/m1/s1. The maximum Gasteiger partial charge on any atom is 0.242 e. The Labute approximate surface area is 201 Å². The molecule has 0 aliphatic heterocycles. The van der Waals surface area contributed by atoms with Crippen LogP contribution < -0.4 is 5.32 Å². The molecule has 1 N–H and O–H groups in total. The van der Waals surface area contributed by atoms with Crippen LogP contribution in [0.5, 0.6) is 0 Å². The first kappa shape index (κ1) is 24.6. The van der Waals surface area contributed by atoms with E-state index in [1.54, 1.807) is 23.7 Å². The minimum atomic E-state index is -0.566. The van der Waals surface area contributed by atoms with Crippen LogP contribution >= 0.6 is 11.8 Å². The van der Waals surface area contributed by atoms with Crippen LogP contribution in [0.1, 0.15) is 28.7 Å². The number of aryl methyl sites for hydroxylation is 1. The highest BCUT2D eigenvalue weighted by Gasteiger charge is 2.29. The van der Waals surface area contributed by atoms with Crippen LogP contribution in [0.15, 0.2) is 84.9 Å². The van der Waals surface area contributed by atoms with E-state index in [0.29, 0.717) is 25.1 Å². The predicted molar refractivity (Wildman–Crippen MR) is 137 cm³/mol. The van der Waals surface area contributed by atoms with Crippen LogP contribution in [-0.4, -0.2) is 35.6 Å². The van der Waals surface area contributed by atoms with Crippen molar-refractivity contribution < 1.29 is 9.59 Å². The van der Waals surface area contributed by atoms with Crippen molar-refractivity contribution in [3.05, 3.63) is 107 Å². The van der Waals surface area contributed by atoms with E-state index in [1.165, 1.54) is 5.56 Å². The Kier molecular flexibility index (Phi) is 9.58. The molecular weight excluding hydrogens is 428 g/mol. The first-order chi connectivity index (χ1) is 16.1. The average Bonchev–Trinajstić information content (AvgIpc) is 2.85. The van der Waals surface area contributed by atoms with Crippen LogP contribution in [0, 0.1) is 6.92 Å². The highest BCUT2D eigenvalue weighted by Crippen LogP contribution is 2.19. The van der Waals surface area contributed by atoms with Crippen molar-refractivity contribution in [3.63, 3.8) is 0 Å². The van der Waals surface area contributed by atoms with E-state index in [1.807, 2.05) is 79.7 Å². The molecule has 5 heteroatoms. The zero-order chi connectivity index (χ0) is 23.5. The molecule has 0 saturated carbocycles. The number of nitrogens with zero attached hydrogens (tertiary/aromatic N) is 1. The van der Waals surface area contributed by atoms with Crippen molar-refractivity contribution in [1.82, 2.24) is 10.2 Å². The Morgan fingerprint density at radius 3 is 2.12 bits per heavy atom. The summed E-state index contributed by atoms with van der Waals surface area (Å²) in [5, 5.41) is 2.77. The smallest absolute Gasteiger partial charge is 0.242 e. The van der Waals surface area contributed by atoms with Gasteiger partial charge in [-0.25, -0.2) is 0 Å². The summed E-state index contributed by atoms with van der Waals surface area (Å²) in [7, 11) is 1.63. The largest absolute Gasteiger partial charge is 0.357 e. The molecule has 3 rings (SSSR count). The number of hydrogen-bond donors (Lipinski definition) is 1. The number of likely N-dealkylation sites (N-methyl/N-ethyl adjacent to an activating group) is 1. The Hall–Kier alpha value is -3.05. The van der Waals surface area contributed by atoms with Crippen molar-refractivity contribution in [2.75, 3.05) is 12.8 Å². The summed E-state index contributed by atoms with van der Waals surface area (Å²) in [6.07, 6.45) is 0.876. The summed E-state index contributed by atoms with van der Waals surface area (Å²) in [5.41, 5.74) is 4.46. The van der Waals surface area contributed by atoms with Gasteiger partial charge in [0.25, 0.3) is 0 Å². The topological polar surface area (TPSA) is 49.4 Å². The second kappa shape index (κ2) is 12.9. The molecule has 33 heavy (non-hydrogen) atoms. The number of carbonyl (C=O) groups excluding carboxylic acids is 2. The van der Waals surface area contributed by atoms with E-state index in [4.69, 9.17) is 0 Å². The lowest BCUT2D eigenvalue weighted by Gasteiger charge is -2.31. The van der Waals surface area contributed by atoms with Gasteiger partial charge in [0.1, 0.15) is 6.04 Å². The maximum atomic E-state index is 13.5. The normalized spacial score (nSPS) is 11.6. The third-order valence-electron chi connectivity index (χ3n) is 5.69. The molecule has 0 radical (unpaired) electrons. The van der Waals surface area contributed by atoms with Gasteiger partial charge in [-0.1, -0.05) is 84.9 Å². The lowest BCUT2D eigenvalue weighted by atomic mass is 10.0. The van der Waals surface area contributed by atoms with Gasteiger partial charge in [0.2, 0.25) is 11.8 Å². The van der Waals surface area contributed by atoms with E-state index in [9.17, 15) is 9.59 Å². The molecule has 0 aliphatic rings. The molecule has 2 amide bonds. The van der Waals surface area contributed by atoms with Crippen LogP contribution in [-0.2, 0) is 28.3 Å². The monoisotopic (exact) mass is 460 g/mol. The Morgan fingerprint density at radius 2 is 1.48 bits per heavy atom. The van der Waals surface area contributed by atoms with Crippen LogP contribution in [0.2, 0.25) is 0 Å². The molecule has 172 valence electrons. The molecule has 0 spiro atoms. The molecule has 0 fully saturated rings. The van der Waals surface area contributed by atoms with Gasteiger partial charge < -0.3 is 10.2 Å². The van der Waals surface area contributed by atoms with Crippen molar-refractivity contribution >= 4 is 23.6 Å². The number of nitrogens with one attached hydrogen (secondary N) is 1. The van der Waals surface area contributed by atoms with Crippen LogP contribution in [0.4, 0.5) is 0 Å². The third kappa shape index (κ3) is 7.50. The Morgan fingerprint density at radius 1 is 0.879 bits per heavy atom. The van der Waals surface area contributed by atoms with E-state index < -0.39 is 6.04 Å². The summed E-state index contributed by atoms with van der Waals surface area (Å²) in [6.45, 7) is 2.46. The zero-order valence-corrected chi connectivity index (χ0v) is 20.2. The minimum absolute atomic E-state index is 0.00310. The number of benzene rings is 3. The summed E-state index contributed by atoms with van der Waals surface area (Å²) in [4.78, 5) is 28.2. The van der Waals surface area contributed by atoms with Gasteiger partial charge in [-0.15, -0.1) is 0 Å². The minimum Gasteiger partial charge on any atom is -0.357 e. The fourth-order valence-electron chi connectivity index (χ4n) is 3.76. The van der Waals surface area contributed by atoms with Crippen molar-refractivity contribution in [1.29, 1.82) is 0 Å². The maximum absolute atomic E-state index is 13.5. The highest BCUT2D eigenvalue weighted by molar-refractivity contribution is 7.98. The fourth-order valence-corrected chi connectivity index (χ4v) is 4.65. The quantitative estimate of drug-likeness (QED) is 0.410. The van der Waals surface area contributed by atoms with Crippen molar-refractivity contribution in [2.24, 2.45) is 0 Å². The molecule has 3 aromatic carbocycles. The third-order valence-corrected chi connectivity index (χ3v) is 6.72. The molecule has 4 nitrogen and oxygen atoms in total. The van der Waals surface area contributed by atoms with E-state index in [0.717, 1.165) is 22.4 Å². The molecule has 0 unspecified atom stereocenters. The first-order valence-corrected chi connectivity index (χ1v) is 12.4. The van der Waals surface area contributed by atoms with E-state index in [2.05, 4.69) is 17.4 Å². The second-order valence-corrected chi connectivity index (χ2v) is 9.16. The predicted octanol–water partition coefficient (Wildman–Crippen LogP) is 5.00. The van der Waals surface area contributed by atoms with Crippen molar-refractivity contribution in [2.45, 2.75) is 38.1 Å². The summed E-state index contributed by atoms with van der Waals surface area (Å²) in [5.74, 6) is 1.44. The highest BCUT2D eigenvalue weighted by atomic mass is 32.2. The summed E-state index contributed by atoms with van der Waals surface area (Å²) in [6, 6.07) is 27.6. The number of hydrogen-bond acceptors (Lipinski definition) is 3. The number of carbonyl (C=O) groups is 2. The van der Waals surface area contributed by atoms with E-state index in [-0.39, 0.29) is 11.8 Å². The lowest BCUT2D eigenvalue weighted by molar-refractivity contribution is -0.140. The molecule has 0 aromatic heterocycles. The molecule has 0 aliphatic carbocycles. The molecule has 0 saturated heterocycles. The van der Waals surface area contributed by atoms with Crippen LogP contribution in [0.25, 0.3) is 0 Å². The van der Waals surface area contributed by atoms with Gasteiger partial charge in [-0.3, -0.25) is 9.59 Å². The number of rotatable bonds is 11. The molecule has 0 heterocycles. The van der Waals surface area contributed by atoms with E-state index >= 15 is 0 Å². The van der Waals surface area contributed by atoms with Crippen LogP contribution in [0.3, 0.4) is 0 Å². The zero-order valence-electron chi connectivity index (χ0n) is 19.4. The van der Waals surface area contributed by atoms with Gasteiger partial charge in [0, 0.05) is 37.9 Å². The van der Waals surface area contributed by atoms with Gasteiger partial charge in [0.05, 0.1) is 0 Å². The Balaban J connectivity index is 1.76. The van der Waals surface area contributed by atoms with Gasteiger partial charge in [-0.2, -0.15) is 11.8 Å². The summed E-state index contributed by atoms with van der Waals surface area (Å²) < 4.78 is 0. The first-order valence-electron chi connectivity index (χ1n) is 11.3. The number of thioether (sulfide) groups is 1. The molecule has 0 bridgehead atoms. The van der Waals surface area contributed by atoms with Gasteiger partial charge in [0.15, 0.2) is 0 Å². The fraction of sp³-hybridized carbons (Fsp3) is 0.286. The second-order valence-electron chi connectivity index (χ2n) is 8.06. The molecule has 3 aromatic rings. The molecule has 1 atom stereocenters. The van der Waals surface area contributed by atoms with Gasteiger partial charge in [-0.05, 0) is 29.2 Å². The van der Waals surface area contributed by atoms with Crippen molar-refractivity contribution in [3.8, 4) is 0 Å². The molecular formula is C28H32N2O2S. The number of amides is 2. The van der Waals surface area contributed by atoms with Gasteiger partial charge >= 0.3 is 0 Å². The Bertz CT molecular complexity index is 1020. The SMILES string of the molecule is CNC(=O)[C@@H](Cc1ccccc1)N(Cc1ccccc1C)C(=O)CCSCc1ccccc1.